The minimum absolute atomic E-state index is 0. The third-order valence-corrected chi connectivity index (χ3v) is 19.8. The number of rotatable bonds is 3. The van der Waals surface area contributed by atoms with Crippen molar-refractivity contribution in [1.82, 2.24) is 0 Å². The van der Waals surface area contributed by atoms with Crippen LogP contribution >= 0.6 is 7.05 Å². The van der Waals surface area contributed by atoms with Crippen LogP contribution in [0.1, 0.15) is 116 Å². The van der Waals surface area contributed by atoms with Crippen LogP contribution in [-0.4, -0.2) is 15.5 Å². The summed E-state index contributed by atoms with van der Waals surface area (Å²) >= 11 is 0. The third kappa shape index (κ3) is 3.43. The van der Waals surface area contributed by atoms with Crippen LogP contribution in [0, 0.1) is 75.5 Å². The van der Waals surface area contributed by atoms with Gasteiger partial charge in [0.2, 0.25) is 0 Å². The molecule has 12 aliphatic carbocycles. The predicted molar refractivity (Wildman–Crippen MR) is 152 cm³/mol. The molecule has 0 amide bonds. The van der Waals surface area contributed by atoms with E-state index in [0.717, 1.165) is 53.3 Å². The Balaban J connectivity index is 0.000000667. The van der Waals surface area contributed by atoms with Crippen molar-refractivity contribution in [3.05, 3.63) is 27.4 Å². The SMILES string of the molecule is [CH3-].[CH3-].[CH3-].[Hf+4].[N-]=P(C12CC3CC(CC(C3)C1)C2)(C12CC3CC(CC(C3)C1)C2)C12CC3CC(CC(C3)C1)C2. The van der Waals surface area contributed by atoms with Crippen molar-refractivity contribution in [2.24, 2.45) is 53.3 Å². The van der Waals surface area contributed by atoms with E-state index in [1.165, 1.54) is 57.8 Å². The molecular weight excluding hydrogens is 620 g/mol. The summed E-state index contributed by atoms with van der Waals surface area (Å²) in [4.78, 5) is 0. The molecule has 0 heterocycles. The van der Waals surface area contributed by atoms with Gasteiger partial charge in [-0.05, 0) is 184 Å². The fourth-order valence-electron chi connectivity index (χ4n) is 14.9. The second-order valence-electron chi connectivity index (χ2n) is 16.1. The molecule has 0 unspecified atom stereocenters. The minimum Gasteiger partial charge on any atom is -0.807 e. The summed E-state index contributed by atoms with van der Waals surface area (Å²) in [6.07, 6.45) is 27.2. The van der Waals surface area contributed by atoms with Crippen molar-refractivity contribution in [3.63, 3.8) is 0 Å². The maximum Gasteiger partial charge on any atom is 4.00 e. The van der Waals surface area contributed by atoms with E-state index >= 15 is 0 Å². The summed E-state index contributed by atoms with van der Waals surface area (Å²) < 4.78 is 0. The average Bonchev–Trinajstić information content (AvgIpc) is 2.70. The van der Waals surface area contributed by atoms with E-state index in [1.807, 2.05) is 0 Å². The largest absolute Gasteiger partial charge is 4.00 e. The summed E-state index contributed by atoms with van der Waals surface area (Å²) in [5.74, 6) is 8.96. The normalized spacial score (nSPS) is 57.7. The Morgan fingerprint density at radius 3 is 0.639 bits per heavy atom. The Morgan fingerprint density at radius 2 is 0.500 bits per heavy atom. The zero-order valence-corrected chi connectivity index (χ0v) is 28.3. The third-order valence-electron chi connectivity index (χ3n) is 14.1. The fraction of sp³-hybridized carbons (Fsp3) is 0.909. The predicted octanol–water partition coefficient (Wildman–Crippen LogP) is 10.0. The quantitative estimate of drug-likeness (QED) is 0.162. The smallest absolute Gasteiger partial charge is 0.807 e. The van der Waals surface area contributed by atoms with Crippen LogP contribution in [0.5, 0.6) is 0 Å². The molecular formula is C33H54HfNP. The monoisotopic (exact) mass is 675 g/mol. The van der Waals surface area contributed by atoms with Crippen molar-refractivity contribution >= 4 is 7.05 Å². The zero-order chi connectivity index (χ0) is 20.9. The first-order valence-corrected chi connectivity index (χ1v) is 16.8. The Labute approximate surface area is 243 Å². The van der Waals surface area contributed by atoms with E-state index in [1.54, 1.807) is 57.8 Å². The van der Waals surface area contributed by atoms with Gasteiger partial charge in [-0.1, -0.05) is 0 Å². The van der Waals surface area contributed by atoms with Gasteiger partial charge in [0.1, 0.15) is 0 Å². The standard InChI is InChI=1S/C30H45NP.3CH3.Hf/c31-32(28-10-19-1-20(11-28)3-21(2-19)12-28,29-13-22-4-23(14-29)6-24(5-22)15-29)30-16-25-7-26(17-30)9-27(8-25)18-30;;;;/h19-27H,1-18H2;3*1H3;/q4*-1;+4. The van der Waals surface area contributed by atoms with Gasteiger partial charge in [-0.25, -0.2) is 7.05 Å². The van der Waals surface area contributed by atoms with Crippen LogP contribution in [0.3, 0.4) is 0 Å². The molecule has 12 fully saturated rings. The molecule has 0 aromatic rings. The Hall–Kier alpha value is 1.10. The molecule has 0 aliphatic heterocycles. The van der Waals surface area contributed by atoms with Crippen molar-refractivity contribution in [3.8, 4) is 0 Å². The molecule has 0 spiro atoms. The molecule has 0 aromatic heterocycles. The molecule has 36 heavy (non-hydrogen) atoms. The molecule has 12 rings (SSSR count). The first kappa shape index (κ1) is 28.6. The van der Waals surface area contributed by atoms with Crippen molar-refractivity contribution in [1.29, 1.82) is 0 Å². The van der Waals surface area contributed by atoms with Crippen LogP contribution < -0.4 is 0 Å². The van der Waals surface area contributed by atoms with Gasteiger partial charge in [0.25, 0.3) is 0 Å². The first-order chi connectivity index (χ1) is 15.5. The van der Waals surface area contributed by atoms with Crippen molar-refractivity contribution in [2.75, 3.05) is 0 Å². The second kappa shape index (κ2) is 9.05. The fourth-order valence-corrected chi connectivity index (χ4v) is 22.6. The van der Waals surface area contributed by atoms with Crippen molar-refractivity contribution < 1.29 is 25.8 Å². The van der Waals surface area contributed by atoms with Gasteiger partial charge in [0, 0.05) is 0 Å². The van der Waals surface area contributed by atoms with E-state index in [-0.39, 0.29) is 48.1 Å². The molecule has 0 aromatic carbocycles. The maximum atomic E-state index is 14.2. The van der Waals surface area contributed by atoms with Crippen LogP contribution in [0.4, 0.5) is 0 Å². The number of nitrogens with zero attached hydrogens (tertiary/aromatic N) is 1. The Morgan fingerprint density at radius 1 is 0.361 bits per heavy atom. The zero-order valence-electron chi connectivity index (χ0n) is 23.8. The van der Waals surface area contributed by atoms with Gasteiger partial charge in [-0.2, -0.15) is 0 Å². The molecule has 0 atom stereocenters. The molecule has 12 aliphatic rings. The minimum atomic E-state index is -2.07. The summed E-state index contributed by atoms with van der Waals surface area (Å²) in [5.41, 5.74) is 0. The summed E-state index contributed by atoms with van der Waals surface area (Å²) in [5, 5.41) is 15.5. The molecule has 0 radical (unpaired) electrons. The van der Waals surface area contributed by atoms with Crippen LogP contribution in [-0.2, 0) is 25.8 Å². The van der Waals surface area contributed by atoms with E-state index in [9.17, 15) is 5.16 Å². The number of hydrogen-bond acceptors (Lipinski definition) is 0. The summed E-state index contributed by atoms with van der Waals surface area (Å²) in [6.45, 7) is 0. The maximum absolute atomic E-state index is 14.2. The molecule has 12 saturated carbocycles. The van der Waals surface area contributed by atoms with Gasteiger partial charge in [-0.3, -0.25) is 0 Å². The van der Waals surface area contributed by atoms with E-state index in [0.29, 0.717) is 15.5 Å². The van der Waals surface area contributed by atoms with Gasteiger partial charge < -0.3 is 27.4 Å². The molecule has 0 N–H and O–H groups in total. The molecule has 12 bridgehead atoms. The van der Waals surface area contributed by atoms with Crippen LogP contribution in [0.15, 0.2) is 0 Å². The molecule has 1 nitrogen and oxygen atoms in total. The average molecular weight is 674 g/mol. The van der Waals surface area contributed by atoms with E-state index in [2.05, 4.69) is 0 Å². The topological polar surface area (TPSA) is 22.3 Å². The first-order valence-electron chi connectivity index (χ1n) is 15.1. The van der Waals surface area contributed by atoms with Gasteiger partial charge in [0.05, 0.1) is 0 Å². The van der Waals surface area contributed by atoms with E-state index in [4.69, 9.17) is 0 Å². The van der Waals surface area contributed by atoms with E-state index < -0.39 is 7.05 Å². The van der Waals surface area contributed by atoms with Gasteiger partial charge >= 0.3 is 25.8 Å². The van der Waals surface area contributed by atoms with Crippen LogP contribution in [0.2, 0.25) is 0 Å². The Bertz CT molecular complexity index is 685. The Kier molecular flexibility index (Phi) is 7.20. The van der Waals surface area contributed by atoms with Gasteiger partial charge in [0.15, 0.2) is 0 Å². The number of hydrogen-bond donors (Lipinski definition) is 0. The van der Waals surface area contributed by atoms with Crippen molar-refractivity contribution in [2.45, 2.75) is 131 Å². The molecule has 0 saturated heterocycles. The molecule has 3 heteroatoms. The summed E-state index contributed by atoms with van der Waals surface area (Å²) in [7, 11) is -2.07. The molecule has 200 valence electrons. The van der Waals surface area contributed by atoms with Crippen LogP contribution in [0.25, 0.3) is 5.16 Å². The summed E-state index contributed by atoms with van der Waals surface area (Å²) in [6, 6.07) is 0. The second-order valence-corrected chi connectivity index (χ2v) is 20.2. The van der Waals surface area contributed by atoms with Gasteiger partial charge in [-0.15, -0.1) is 0 Å².